The number of fused-ring (bicyclic) bond motifs is 1. The Morgan fingerprint density at radius 2 is 2.00 bits per heavy atom. The number of nitrogens with two attached hydrogens (primary N) is 1. The molecule has 0 radical (unpaired) electrons. The smallest absolute Gasteiger partial charge is 0.171 e. The summed E-state index contributed by atoms with van der Waals surface area (Å²) in [6.07, 6.45) is 3.46. The van der Waals surface area contributed by atoms with E-state index in [9.17, 15) is 0 Å². The standard InChI is InChI=1S/C11H9N5/c12-9-4-1-5-10-14-15-11(16(9)10)8-3-2-6-13-7-8/h1-7H,12H2. The van der Waals surface area contributed by atoms with E-state index in [1.165, 1.54) is 0 Å². The first-order valence-corrected chi connectivity index (χ1v) is 4.86. The lowest BCUT2D eigenvalue weighted by atomic mass is 10.3. The van der Waals surface area contributed by atoms with E-state index in [1.807, 2.05) is 30.3 Å². The van der Waals surface area contributed by atoms with Gasteiger partial charge in [-0.15, -0.1) is 10.2 Å². The Labute approximate surface area is 91.6 Å². The van der Waals surface area contributed by atoms with E-state index < -0.39 is 0 Å². The Hall–Kier alpha value is -2.43. The SMILES string of the molecule is Nc1cccc2nnc(-c3cccnc3)n12. The summed E-state index contributed by atoms with van der Waals surface area (Å²) in [5.74, 6) is 1.32. The van der Waals surface area contributed by atoms with Crippen molar-refractivity contribution in [1.29, 1.82) is 0 Å². The third-order valence-corrected chi connectivity index (χ3v) is 2.38. The van der Waals surface area contributed by atoms with Crippen LogP contribution < -0.4 is 5.73 Å². The molecule has 0 saturated carbocycles. The second kappa shape index (κ2) is 3.30. The molecule has 0 aliphatic heterocycles. The van der Waals surface area contributed by atoms with Crippen LogP contribution in [0, 0.1) is 0 Å². The molecule has 5 heteroatoms. The molecule has 78 valence electrons. The number of pyridine rings is 2. The topological polar surface area (TPSA) is 69.1 Å². The average Bonchev–Trinajstić information content (AvgIpc) is 2.75. The molecule has 0 unspecified atom stereocenters. The van der Waals surface area contributed by atoms with Crippen molar-refractivity contribution < 1.29 is 0 Å². The Morgan fingerprint density at radius 1 is 1.06 bits per heavy atom. The van der Waals surface area contributed by atoms with Gasteiger partial charge >= 0.3 is 0 Å². The van der Waals surface area contributed by atoms with Gasteiger partial charge in [0, 0.05) is 18.0 Å². The van der Waals surface area contributed by atoms with Gasteiger partial charge in [0.1, 0.15) is 5.82 Å². The number of hydrogen-bond donors (Lipinski definition) is 1. The van der Waals surface area contributed by atoms with Gasteiger partial charge in [-0.1, -0.05) is 6.07 Å². The highest BCUT2D eigenvalue weighted by Crippen LogP contribution is 2.19. The molecule has 5 nitrogen and oxygen atoms in total. The lowest BCUT2D eigenvalue weighted by Crippen LogP contribution is -1.98. The molecule has 0 aromatic carbocycles. The Morgan fingerprint density at radius 3 is 2.81 bits per heavy atom. The molecule has 3 rings (SSSR count). The highest BCUT2D eigenvalue weighted by molar-refractivity contribution is 5.61. The summed E-state index contributed by atoms with van der Waals surface area (Å²) in [6.45, 7) is 0. The quantitative estimate of drug-likeness (QED) is 0.660. The van der Waals surface area contributed by atoms with Crippen molar-refractivity contribution in [2.75, 3.05) is 5.73 Å². The van der Waals surface area contributed by atoms with Crippen molar-refractivity contribution in [3.05, 3.63) is 42.7 Å². The van der Waals surface area contributed by atoms with Gasteiger partial charge in [-0.2, -0.15) is 0 Å². The maximum atomic E-state index is 5.90. The monoisotopic (exact) mass is 211 g/mol. The zero-order valence-electron chi connectivity index (χ0n) is 8.41. The molecular weight excluding hydrogens is 202 g/mol. The molecule has 0 aliphatic rings. The summed E-state index contributed by atoms with van der Waals surface area (Å²) < 4.78 is 1.80. The van der Waals surface area contributed by atoms with Crippen molar-refractivity contribution in [3.8, 4) is 11.4 Å². The first kappa shape index (κ1) is 8.84. The Kier molecular flexibility index (Phi) is 1.83. The molecule has 0 atom stereocenters. The van der Waals surface area contributed by atoms with Crippen LogP contribution in [0.3, 0.4) is 0 Å². The van der Waals surface area contributed by atoms with Crippen LogP contribution in [0.4, 0.5) is 5.82 Å². The summed E-state index contributed by atoms with van der Waals surface area (Å²) in [4.78, 5) is 4.06. The molecule has 0 aliphatic carbocycles. The third-order valence-electron chi connectivity index (χ3n) is 2.38. The number of nitrogen functional groups attached to an aromatic ring is 1. The fourth-order valence-corrected chi connectivity index (χ4v) is 1.65. The molecule has 3 aromatic heterocycles. The van der Waals surface area contributed by atoms with Gasteiger partial charge in [-0.05, 0) is 24.3 Å². The van der Waals surface area contributed by atoms with Crippen LogP contribution in [-0.2, 0) is 0 Å². The van der Waals surface area contributed by atoms with Crippen LogP contribution in [0.25, 0.3) is 17.0 Å². The van der Waals surface area contributed by atoms with Crippen LogP contribution in [-0.4, -0.2) is 19.6 Å². The minimum Gasteiger partial charge on any atom is -0.385 e. The predicted octanol–water partition coefficient (Wildman–Crippen LogP) is 1.37. The number of aromatic nitrogens is 4. The summed E-state index contributed by atoms with van der Waals surface area (Å²) in [5.41, 5.74) is 7.53. The van der Waals surface area contributed by atoms with Gasteiger partial charge in [0.25, 0.3) is 0 Å². The van der Waals surface area contributed by atoms with Crippen LogP contribution in [0.5, 0.6) is 0 Å². The van der Waals surface area contributed by atoms with Crippen LogP contribution in [0.2, 0.25) is 0 Å². The summed E-state index contributed by atoms with van der Waals surface area (Å²) in [5, 5.41) is 8.18. The normalized spacial score (nSPS) is 10.8. The van der Waals surface area contributed by atoms with Crippen molar-refractivity contribution >= 4 is 11.5 Å². The van der Waals surface area contributed by atoms with E-state index >= 15 is 0 Å². The fourth-order valence-electron chi connectivity index (χ4n) is 1.65. The maximum absolute atomic E-state index is 5.90. The van der Waals surface area contributed by atoms with Crippen LogP contribution in [0.1, 0.15) is 0 Å². The molecule has 3 aromatic rings. The van der Waals surface area contributed by atoms with Gasteiger partial charge in [0.2, 0.25) is 0 Å². The molecule has 0 bridgehead atoms. The third kappa shape index (κ3) is 1.22. The van der Waals surface area contributed by atoms with Gasteiger partial charge in [-0.3, -0.25) is 9.38 Å². The van der Waals surface area contributed by atoms with Crippen molar-refractivity contribution in [2.24, 2.45) is 0 Å². The average molecular weight is 211 g/mol. The summed E-state index contributed by atoms with van der Waals surface area (Å²) in [6, 6.07) is 9.32. The first-order chi connectivity index (χ1) is 7.86. The van der Waals surface area contributed by atoms with E-state index in [-0.39, 0.29) is 0 Å². The second-order valence-electron chi connectivity index (χ2n) is 3.41. The first-order valence-electron chi connectivity index (χ1n) is 4.86. The van der Waals surface area contributed by atoms with Crippen molar-refractivity contribution in [3.63, 3.8) is 0 Å². The molecular formula is C11H9N5. The van der Waals surface area contributed by atoms with Gasteiger partial charge in [-0.25, -0.2) is 0 Å². The summed E-state index contributed by atoms with van der Waals surface area (Å²) in [7, 11) is 0. The minimum atomic E-state index is 0.612. The second-order valence-corrected chi connectivity index (χ2v) is 3.41. The minimum absolute atomic E-state index is 0.612. The van der Waals surface area contributed by atoms with E-state index in [0.29, 0.717) is 11.6 Å². The van der Waals surface area contributed by atoms with E-state index in [1.54, 1.807) is 16.8 Å². The number of anilines is 1. The van der Waals surface area contributed by atoms with Crippen molar-refractivity contribution in [2.45, 2.75) is 0 Å². The Bertz CT molecular complexity index is 629. The molecule has 0 amide bonds. The zero-order chi connectivity index (χ0) is 11.0. The van der Waals surface area contributed by atoms with E-state index in [4.69, 9.17) is 5.73 Å². The van der Waals surface area contributed by atoms with Gasteiger partial charge in [0.05, 0.1) is 0 Å². The van der Waals surface area contributed by atoms with E-state index in [0.717, 1.165) is 11.2 Å². The molecule has 0 saturated heterocycles. The van der Waals surface area contributed by atoms with Crippen molar-refractivity contribution in [1.82, 2.24) is 19.6 Å². The maximum Gasteiger partial charge on any atom is 0.171 e. The zero-order valence-corrected chi connectivity index (χ0v) is 8.41. The number of rotatable bonds is 1. The van der Waals surface area contributed by atoms with Gasteiger partial charge in [0.15, 0.2) is 11.5 Å². The van der Waals surface area contributed by atoms with Gasteiger partial charge < -0.3 is 5.73 Å². The Balaban J connectivity index is 2.33. The highest BCUT2D eigenvalue weighted by atomic mass is 15.3. The molecule has 3 heterocycles. The van der Waals surface area contributed by atoms with Crippen LogP contribution in [0.15, 0.2) is 42.7 Å². The molecule has 0 spiro atoms. The number of hydrogen-bond acceptors (Lipinski definition) is 4. The predicted molar refractivity (Wildman–Crippen MR) is 60.6 cm³/mol. The lowest BCUT2D eigenvalue weighted by molar-refractivity contribution is 1.11. The fraction of sp³-hybridized carbons (Fsp3) is 0. The highest BCUT2D eigenvalue weighted by Gasteiger charge is 2.09. The molecule has 2 N–H and O–H groups in total. The number of nitrogens with zero attached hydrogens (tertiary/aromatic N) is 4. The summed E-state index contributed by atoms with van der Waals surface area (Å²) >= 11 is 0. The lowest BCUT2D eigenvalue weighted by Gasteiger charge is -2.02. The largest absolute Gasteiger partial charge is 0.385 e. The van der Waals surface area contributed by atoms with E-state index in [2.05, 4.69) is 15.2 Å². The van der Waals surface area contributed by atoms with Crippen LogP contribution >= 0.6 is 0 Å². The molecule has 0 fully saturated rings. The molecule has 16 heavy (non-hydrogen) atoms.